The molecule has 2 heterocycles. The van der Waals surface area contributed by atoms with Crippen LogP contribution in [0.3, 0.4) is 0 Å². The highest BCUT2D eigenvalue weighted by molar-refractivity contribution is 7.09. The summed E-state index contributed by atoms with van der Waals surface area (Å²) in [7, 11) is 1.93. The van der Waals surface area contributed by atoms with Crippen LogP contribution in [-0.4, -0.2) is 101 Å². The normalized spacial score (nSPS) is 17.9. The lowest BCUT2D eigenvalue weighted by atomic mass is 9.92. The molecule has 0 aliphatic carbocycles. The molecule has 1 fully saturated rings. The van der Waals surface area contributed by atoms with Crippen LogP contribution in [-0.2, 0) is 35.1 Å². The molecular formula is C41H61N5O8S. The summed E-state index contributed by atoms with van der Waals surface area (Å²) in [6, 6.07) is 4.61. The maximum Gasteiger partial charge on any atom is 0.303 e. The Morgan fingerprint density at radius 1 is 1.11 bits per heavy atom. The molecule has 3 N–H and O–H groups in total. The molecule has 0 bridgehead atoms. The fraction of sp³-hybridized carbons (Fsp3) is 0.610. The lowest BCUT2D eigenvalue weighted by Gasteiger charge is -2.39. The Balaban J connectivity index is 1.91. The summed E-state index contributed by atoms with van der Waals surface area (Å²) in [5.41, 5.74) is 1.00. The first kappa shape index (κ1) is 45.3. The van der Waals surface area contributed by atoms with Gasteiger partial charge in [-0.05, 0) is 68.8 Å². The molecule has 304 valence electrons. The number of thiazole rings is 1. The second kappa shape index (κ2) is 22.4. The zero-order chi connectivity index (χ0) is 40.7. The minimum absolute atomic E-state index is 0.0835. The van der Waals surface area contributed by atoms with Gasteiger partial charge in [-0.2, -0.15) is 0 Å². The molecule has 1 unspecified atom stereocenters. The zero-order valence-corrected chi connectivity index (χ0v) is 34.3. The molecule has 1 saturated heterocycles. The van der Waals surface area contributed by atoms with Gasteiger partial charge in [0.1, 0.15) is 35.5 Å². The number of phenolic OH excluding ortho intramolecular Hbond substituents is 1. The number of likely N-dealkylation sites (N-methyl/N-ethyl adjacent to an activating group) is 1. The van der Waals surface area contributed by atoms with E-state index in [1.807, 2.05) is 39.6 Å². The van der Waals surface area contributed by atoms with Crippen molar-refractivity contribution in [2.75, 3.05) is 26.9 Å². The first-order valence-electron chi connectivity index (χ1n) is 19.3. The van der Waals surface area contributed by atoms with Crippen molar-refractivity contribution < 1.29 is 38.6 Å². The van der Waals surface area contributed by atoms with E-state index < -0.39 is 36.1 Å². The number of rotatable bonds is 22. The minimum atomic E-state index is -0.901. The predicted molar refractivity (Wildman–Crippen MR) is 212 cm³/mol. The van der Waals surface area contributed by atoms with Gasteiger partial charge in [0.05, 0.1) is 12.6 Å². The molecule has 0 radical (unpaired) electrons. The van der Waals surface area contributed by atoms with Gasteiger partial charge in [0.15, 0.2) is 6.10 Å². The summed E-state index contributed by atoms with van der Waals surface area (Å²) in [5.74, 6) is -1.97. The predicted octanol–water partition coefficient (Wildman–Crippen LogP) is 5.44. The lowest BCUT2D eigenvalue weighted by Crippen LogP contribution is -2.59. The number of piperidine rings is 1. The fourth-order valence-corrected chi connectivity index (χ4v) is 7.71. The number of nitrogens with zero attached hydrogens (tertiary/aromatic N) is 3. The number of benzene rings is 1. The largest absolute Gasteiger partial charge is 0.508 e. The molecular weight excluding hydrogens is 723 g/mol. The van der Waals surface area contributed by atoms with Crippen LogP contribution in [0.15, 0.2) is 42.3 Å². The fourth-order valence-electron chi connectivity index (χ4n) is 6.87. The number of esters is 1. The second-order valence-electron chi connectivity index (χ2n) is 15.1. The van der Waals surface area contributed by atoms with Crippen molar-refractivity contribution in [1.29, 1.82) is 0 Å². The smallest absolute Gasteiger partial charge is 0.303 e. The van der Waals surface area contributed by atoms with Gasteiger partial charge in [0.25, 0.3) is 5.91 Å². The highest BCUT2D eigenvalue weighted by Gasteiger charge is 2.39. The van der Waals surface area contributed by atoms with Crippen LogP contribution in [0.25, 0.3) is 0 Å². The van der Waals surface area contributed by atoms with Crippen molar-refractivity contribution >= 4 is 41.3 Å². The minimum Gasteiger partial charge on any atom is -0.508 e. The summed E-state index contributed by atoms with van der Waals surface area (Å²) in [6.07, 6.45) is 5.86. The van der Waals surface area contributed by atoms with Crippen LogP contribution in [0.5, 0.6) is 5.75 Å². The molecule has 0 spiro atoms. The first-order chi connectivity index (χ1) is 26.2. The molecule has 1 aromatic heterocycles. The number of phenols is 1. The zero-order valence-electron chi connectivity index (χ0n) is 33.5. The molecule has 2 aromatic rings. The Labute approximate surface area is 330 Å². The van der Waals surface area contributed by atoms with E-state index in [9.17, 15) is 29.1 Å². The summed E-state index contributed by atoms with van der Waals surface area (Å²) < 4.78 is 11.7. The molecule has 7 atom stereocenters. The van der Waals surface area contributed by atoms with Crippen LogP contribution < -0.4 is 10.6 Å². The molecule has 0 saturated carbocycles. The Hall–Kier alpha value is -4.14. The number of nitrogens with one attached hydrogen (secondary N) is 2. The highest BCUT2D eigenvalue weighted by atomic mass is 32.1. The summed E-state index contributed by atoms with van der Waals surface area (Å²) in [6.45, 7) is 15.6. The third kappa shape index (κ3) is 13.8. The average Bonchev–Trinajstić information content (AvgIpc) is 3.65. The van der Waals surface area contributed by atoms with Gasteiger partial charge in [0.2, 0.25) is 11.8 Å². The topological polar surface area (TPSA) is 167 Å². The molecule has 55 heavy (non-hydrogen) atoms. The van der Waals surface area contributed by atoms with Crippen LogP contribution in [0.1, 0.15) is 107 Å². The first-order valence-corrected chi connectivity index (χ1v) is 20.2. The Kier molecular flexibility index (Phi) is 18.4. The monoisotopic (exact) mass is 783 g/mol. The molecule has 14 heteroatoms. The molecule has 3 amide bonds. The van der Waals surface area contributed by atoms with E-state index in [-0.39, 0.29) is 66.8 Å². The number of ether oxygens (including phenoxy) is 2. The standard InChI is InChI=1S/C41H61N5O8S/c1-9-19-53-25-46(41(52)37(28(6)10-2)44-39(51)34-13-11-12-18-45(34)8)35(26(3)4)22-36(54-29(7)48)40-43-33(24-55-40)38(50)42-31(20-27(5)23-47)21-30-14-16-32(49)17-15-30/h9,14-17,23-24,26-28,31,34-37,49H,1,10-13,18-22,25H2,2-8H3,(H,42,50)(H,44,51)/t27-,28?,31+,34+,35-,36+,37-/m0/s1. The highest BCUT2D eigenvalue weighted by Crippen LogP contribution is 2.32. The maximum absolute atomic E-state index is 14.6. The van der Waals surface area contributed by atoms with E-state index in [0.29, 0.717) is 24.3 Å². The maximum atomic E-state index is 14.6. The van der Waals surface area contributed by atoms with E-state index in [1.165, 1.54) is 18.3 Å². The molecule has 3 rings (SSSR count). The number of likely N-dealkylation sites (tertiary alicyclic amines) is 1. The molecule has 1 aliphatic heterocycles. The van der Waals surface area contributed by atoms with Crippen molar-refractivity contribution in [3.8, 4) is 5.75 Å². The van der Waals surface area contributed by atoms with Crippen LogP contribution in [0, 0.1) is 17.8 Å². The summed E-state index contributed by atoms with van der Waals surface area (Å²) in [5, 5.41) is 17.8. The van der Waals surface area contributed by atoms with Crippen molar-refractivity contribution in [2.24, 2.45) is 17.8 Å². The molecule has 1 aromatic carbocycles. The van der Waals surface area contributed by atoms with E-state index in [1.54, 1.807) is 47.5 Å². The lowest BCUT2D eigenvalue weighted by molar-refractivity contribution is -0.152. The number of carbonyl (C=O) groups is 5. The summed E-state index contributed by atoms with van der Waals surface area (Å²) >= 11 is 1.17. The van der Waals surface area contributed by atoms with Gasteiger partial charge in [-0.15, -0.1) is 17.9 Å². The van der Waals surface area contributed by atoms with Gasteiger partial charge in [-0.3, -0.25) is 24.1 Å². The van der Waals surface area contributed by atoms with Crippen LogP contribution in [0.4, 0.5) is 0 Å². The average molecular weight is 784 g/mol. The van der Waals surface area contributed by atoms with Gasteiger partial charge < -0.3 is 34.9 Å². The Morgan fingerprint density at radius 3 is 2.42 bits per heavy atom. The van der Waals surface area contributed by atoms with Crippen LogP contribution >= 0.6 is 11.3 Å². The van der Waals surface area contributed by atoms with E-state index in [4.69, 9.17) is 9.47 Å². The number of hydrogen-bond donors (Lipinski definition) is 3. The van der Waals surface area contributed by atoms with E-state index in [2.05, 4.69) is 22.2 Å². The van der Waals surface area contributed by atoms with Crippen molar-refractivity contribution in [2.45, 2.75) is 117 Å². The van der Waals surface area contributed by atoms with Crippen molar-refractivity contribution in [1.82, 2.24) is 25.4 Å². The van der Waals surface area contributed by atoms with Gasteiger partial charge in [-0.25, -0.2) is 4.98 Å². The Morgan fingerprint density at radius 2 is 1.82 bits per heavy atom. The summed E-state index contributed by atoms with van der Waals surface area (Å²) in [4.78, 5) is 74.1. The third-order valence-corrected chi connectivity index (χ3v) is 11.1. The number of hydrogen-bond acceptors (Lipinski definition) is 11. The van der Waals surface area contributed by atoms with Crippen molar-refractivity contribution in [3.05, 3.63) is 58.6 Å². The Bertz CT molecular complexity index is 1570. The second-order valence-corrected chi connectivity index (χ2v) is 16.0. The number of aromatic nitrogens is 1. The van der Waals surface area contributed by atoms with Crippen molar-refractivity contribution in [3.63, 3.8) is 0 Å². The SMILES string of the molecule is C=CCOCN(C(=O)[C@@H](NC(=O)[C@H]1CCCCN1C)C(C)CC)[C@@H](C[C@@H](OC(C)=O)c1nc(C(=O)N[C@@H](Cc2ccc(O)cc2)C[C@H](C)C=O)cs1)C(C)C. The van der Waals surface area contributed by atoms with Gasteiger partial charge in [0, 0.05) is 36.7 Å². The van der Waals surface area contributed by atoms with E-state index in [0.717, 1.165) is 37.7 Å². The molecule has 1 aliphatic rings. The van der Waals surface area contributed by atoms with Gasteiger partial charge >= 0.3 is 5.97 Å². The van der Waals surface area contributed by atoms with E-state index >= 15 is 0 Å². The van der Waals surface area contributed by atoms with Crippen LogP contribution in [0.2, 0.25) is 0 Å². The number of aromatic hydroxyl groups is 1. The third-order valence-electron chi connectivity index (χ3n) is 10.2. The quantitative estimate of drug-likeness (QED) is 0.0460. The molecule has 13 nitrogen and oxygen atoms in total. The number of aldehydes is 1. The number of amides is 3. The number of carbonyl (C=O) groups excluding carboxylic acids is 5. The van der Waals surface area contributed by atoms with Gasteiger partial charge in [-0.1, -0.05) is 65.7 Å².